The summed E-state index contributed by atoms with van der Waals surface area (Å²) < 4.78 is 0. The molecule has 0 radical (unpaired) electrons. The van der Waals surface area contributed by atoms with Gasteiger partial charge in [0, 0.05) is 12.4 Å². The molecule has 0 aliphatic carbocycles. The number of nitrogens with zero attached hydrogens (tertiary/aromatic N) is 2. The first kappa shape index (κ1) is 11.6. The molecule has 0 aliphatic heterocycles. The Balaban J connectivity index is 1.70. The van der Waals surface area contributed by atoms with Crippen LogP contribution >= 0.6 is 17.2 Å². The van der Waals surface area contributed by atoms with Crippen molar-refractivity contribution in [2.75, 3.05) is 12.3 Å². The molecule has 0 amide bonds. The molecule has 82 valence electrons. The SMILES string of the molecule is c1ccc(PCCPc2ccccn2)nc1. The van der Waals surface area contributed by atoms with Crippen molar-refractivity contribution in [1.29, 1.82) is 0 Å². The van der Waals surface area contributed by atoms with Crippen LogP contribution < -0.4 is 10.9 Å². The van der Waals surface area contributed by atoms with Crippen LogP contribution in [0, 0.1) is 0 Å². The molecule has 0 saturated heterocycles. The highest BCUT2D eigenvalue weighted by molar-refractivity contribution is 7.51. The van der Waals surface area contributed by atoms with Crippen LogP contribution in [0.25, 0.3) is 0 Å². The smallest absolute Gasteiger partial charge is 0.0600 e. The Labute approximate surface area is 99.5 Å². The van der Waals surface area contributed by atoms with Gasteiger partial charge in [-0.1, -0.05) is 29.3 Å². The van der Waals surface area contributed by atoms with Crippen LogP contribution in [0.5, 0.6) is 0 Å². The molecular weight excluding hydrogens is 234 g/mol. The molecule has 0 aromatic carbocycles. The third kappa shape index (κ3) is 3.96. The van der Waals surface area contributed by atoms with E-state index in [1.807, 2.05) is 24.5 Å². The molecule has 2 heterocycles. The second-order valence-electron chi connectivity index (χ2n) is 3.28. The summed E-state index contributed by atoms with van der Waals surface area (Å²) in [7, 11) is 1.65. The van der Waals surface area contributed by atoms with Crippen molar-refractivity contribution < 1.29 is 0 Å². The summed E-state index contributed by atoms with van der Waals surface area (Å²) in [5.41, 5.74) is 2.43. The first-order valence-electron chi connectivity index (χ1n) is 5.25. The second-order valence-corrected chi connectivity index (χ2v) is 6.02. The van der Waals surface area contributed by atoms with Crippen LogP contribution in [-0.2, 0) is 0 Å². The van der Waals surface area contributed by atoms with Crippen LogP contribution in [0.3, 0.4) is 0 Å². The van der Waals surface area contributed by atoms with Crippen LogP contribution in [-0.4, -0.2) is 22.3 Å². The minimum absolute atomic E-state index is 0.824. The lowest BCUT2D eigenvalue weighted by Crippen LogP contribution is -2.03. The number of hydrogen-bond acceptors (Lipinski definition) is 2. The third-order valence-corrected chi connectivity index (χ3v) is 4.88. The number of rotatable bonds is 5. The van der Waals surface area contributed by atoms with Crippen molar-refractivity contribution in [3.05, 3.63) is 48.8 Å². The lowest BCUT2D eigenvalue weighted by Gasteiger charge is -2.01. The van der Waals surface area contributed by atoms with Gasteiger partial charge in [-0.25, -0.2) is 0 Å². The molecule has 2 nitrogen and oxygen atoms in total. The molecular formula is C12H14N2P2. The van der Waals surface area contributed by atoms with Gasteiger partial charge >= 0.3 is 0 Å². The van der Waals surface area contributed by atoms with Gasteiger partial charge in [-0.05, 0) is 36.6 Å². The van der Waals surface area contributed by atoms with Gasteiger partial charge < -0.3 is 0 Å². The van der Waals surface area contributed by atoms with Crippen molar-refractivity contribution in [2.24, 2.45) is 0 Å². The van der Waals surface area contributed by atoms with Crippen molar-refractivity contribution in [1.82, 2.24) is 9.97 Å². The quantitative estimate of drug-likeness (QED) is 0.595. The molecule has 0 saturated carbocycles. The first-order chi connectivity index (χ1) is 7.95. The van der Waals surface area contributed by atoms with Gasteiger partial charge in [0.1, 0.15) is 0 Å². The van der Waals surface area contributed by atoms with E-state index in [0.29, 0.717) is 0 Å². The van der Waals surface area contributed by atoms with Crippen molar-refractivity contribution in [2.45, 2.75) is 0 Å². The van der Waals surface area contributed by atoms with Gasteiger partial charge in [0.2, 0.25) is 0 Å². The molecule has 4 heteroatoms. The average Bonchev–Trinajstić information content (AvgIpc) is 2.37. The van der Waals surface area contributed by atoms with Gasteiger partial charge in [0.25, 0.3) is 0 Å². The second kappa shape index (κ2) is 6.68. The Morgan fingerprint density at radius 3 is 1.62 bits per heavy atom. The topological polar surface area (TPSA) is 25.8 Å². The minimum Gasteiger partial charge on any atom is -0.257 e. The summed E-state index contributed by atoms with van der Waals surface area (Å²) in [6, 6.07) is 12.2. The van der Waals surface area contributed by atoms with Crippen molar-refractivity contribution in [3.63, 3.8) is 0 Å². The van der Waals surface area contributed by atoms with E-state index in [1.54, 1.807) is 0 Å². The molecule has 2 atom stereocenters. The fourth-order valence-electron chi connectivity index (χ4n) is 1.32. The molecule has 2 aromatic heterocycles. The summed E-state index contributed by atoms with van der Waals surface area (Å²) in [5, 5.41) is 0. The average molecular weight is 248 g/mol. The van der Waals surface area contributed by atoms with Crippen LogP contribution in [0.15, 0.2) is 48.8 Å². The fraction of sp³-hybridized carbons (Fsp3) is 0.167. The minimum atomic E-state index is 0.824. The highest BCUT2D eigenvalue weighted by atomic mass is 31.1. The summed E-state index contributed by atoms with van der Waals surface area (Å²) in [6.07, 6.45) is 6.16. The molecule has 0 bridgehead atoms. The van der Waals surface area contributed by atoms with E-state index >= 15 is 0 Å². The fourth-order valence-corrected chi connectivity index (χ4v) is 3.59. The van der Waals surface area contributed by atoms with Gasteiger partial charge in [-0.2, -0.15) is 0 Å². The number of hydrogen-bond donors (Lipinski definition) is 0. The monoisotopic (exact) mass is 248 g/mol. The van der Waals surface area contributed by atoms with Gasteiger partial charge in [-0.3, -0.25) is 9.97 Å². The molecule has 0 aliphatic rings. The molecule has 2 aromatic rings. The molecule has 0 N–H and O–H groups in total. The standard InChI is InChI=1S/C12H14N2P2/c1-3-7-13-11(5-1)15-9-10-16-12-6-2-4-8-14-12/h1-8,15-16H,9-10H2. The van der Waals surface area contributed by atoms with E-state index < -0.39 is 0 Å². The lowest BCUT2D eigenvalue weighted by atomic mass is 10.5. The Morgan fingerprint density at radius 1 is 0.750 bits per heavy atom. The summed E-state index contributed by atoms with van der Waals surface area (Å²) in [5.74, 6) is 0. The number of aromatic nitrogens is 2. The molecule has 16 heavy (non-hydrogen) atoms. The zero-order valence-corrected chi connectivity index (χ0v) is 10.9. The predicted octanol–water partition coefficient (Wildman–Crippen LogP) is 1.78. The van der Waals surface area contributed by atoms with Crippen LogP contribution in [0.4, 0.5) is 0 Å². The third-order valence-electron chi connectivity index (χ3n) is 2.07. The summed E-state index contributed by atoms with van der Waals surface area (Å²) in [4.78, 5) is 8.65. The number of pyridine rings is 2. The van der Waals surface area contributed by atoms with Crippen molar-refractivity contribution >= 4 is 28.0 Å². The zero-order chi connectivity index (χ0) is 11.1. The van der Waals surface area contributed by atoms with E-state index in [1.165, 1.54) is 23.2 Å². The van der Waals surface area contributed by atoms with E-state index in [-0.39, 0.29) is 0 Å². The first-order valence-corrected chi connectivity index (χ1v) is 7.66. The van der Waals surface area contributed by atoms with Crippen LogP contribution in [0.1, 0.15) is 0 Å². The Hall–Kier alpha value is -0.840. The lowest BCUT2D eigenvalue weighted by molar-refractivity contribution is 1.38. The highest BCUT2D eigenvalue weighted by Crippen LogP contribution is 2.14. The zero-order valence-electron chi connectivity index (χ0n) is 8.93. The highest BCUT2D eigenvalue weighted by Gasteiger charge is 1.95. The summed E-state index contributed by atoms with van der Waals surface area (Å²) in [6.45, 7) is 0. The summed E-state index contributed by atoms with van der Waals surface area (Å²) >= 11 is 0. The molecule has 2 rings (SSSR count). The van der Waals surface area contributed by atoms with Crippen molar-refractivity contribution in [3.8, 4) is 0 Å². The van der Waals surface area contributed by atoms with E-state index in [0.717, 1.165) is 17.2 Å². The molecule has 0 fully saturated rings. The van der Waals surface area contributed by atoms with Gasteiger partial charge in [-0.15, -0.1) is 0 Å². The molecule has 2 unspecified atom stereocenters. The maximum Gasteiger partial charge on any atom is 0.0600 e. The largest absolute Gasteiger partial charge is 0.257 e. The van der Waals surface area contributed by atoms with Crippen LogP contribution in [0.2, 0.25) is 0 Å². The van der Waals surface area contributed by atoms with E-state index in [4.69, 9.17) is 0 Å². The Morgan fingerprint density at radius 2 is 1.25 bits per heavy atom. The maximum atomic E-state index is 4.32. The molecule has 0 spiro atoms. The van der Waals surface area contributed by atoms with E-state index in [2.05, 4.69) is 34.2 Å². The Kier molecular flexibility index (Phi) is 4.86. The van der Waals surface area contributed by atoms with Gasteiger partial charge in [0.15, 0.2) is 0 Å². The van der Waals surface area contributed by atoms with E-state index in [9.17, 15) is 0 Å². The normalized spacial score (nSPS) is 11.8. The predicted molar refractivity (Wildman–Crippen MR) is 74.1 cm³/mol. The maximum absolute atomic E-state index is 4.32. The Bertz CT molecular complexity index is 364. The van der Waals surface area contributed by atoms with Gasteiger partial charge in [0.05, 0.1) is 10.9 Å².